The van der Waals surface area contributed by atoms with Crippen LogP contribution in [-0.4, -0.2) is 36.2 Å². The van der Waals surface area contributed by atoms with Crippen LogP contribution in [0.3, 0.4) is 0 Å². The number of carbonyl (C=O) groups excluding carboxylic acids is 3. The van der Waals surface area contributed by atoms with Gasteiger partial charge in [-0.15, -0.1) is 11.6 Å². The number of amides is 3. The number of nitrogens with one attached hydrogen (secondary N) is 2. The van der Waals surface area contributed by atoms with Gasteiger partial charge in [-0.05, 0) is 19.1 Å². The van der Waals surface area contributed by atoms with E-state index in [2.05, 4.69) is 23.3 Å². The molecule has 2 N–H and O–H groups in total. The number of allylic oxidation sites excluding steroid dienone is 2. The molecule has 0 bridgehead atoms. The molecule has 3 amide bonds. The summed E-state index contributed by atoms with van der Waals surface area (Å²) in [6.07, 6.45) is 3.21. The molecule has 1 heterocycles. The van der Waals surface area contributed by atoms with E-state index in [-0.39, 0.29) is 45.9 Å². The molecule has 1 aliphatic carbocycles. The predicted octanol–water partition coefficient (Wildman–Crippen LogP) is 1.80. The van der Waals surface area contributed by atoms with Gasteiger partial charge in [0, 0.05) is 27.5 Å². The van der Waals surface area contributed by atoms with Crippen LogP contribution in [0.4, 0.5) is 8.78 Å². The van der Waals surface area contributed by atoms with E-state index in [0.29, 0.717) is 0 Å². The SMILES string of the molecule is CC.CS.O=C1CCC(NC(=O)C2=CCC(F)C(F)=[C-]2)C(=O)N1.[W]. The van der Waals surface area contributed by atoms with Crippen molar-refractivity contribution in [1.82, 2.24) is 10.6 Å². The Hall–Kier alpha value is -1.01. The molecule has 0 spiro atoms. The van der Waals surface area contributed by atoms with Crippen LogP contribution in [0.15, 0.2) is 17.5 Å². The Morgan fingerprint density at radius 1 is 1.38 bits per heavy atom. The van der Waals surface area contributed by atoms with Gasteiger partial charge in [0.15, 0.2) is 0 Å². The average molecular weight is 531 g/mol. The zero-order valence-corrected chi connectivity index (χ0v) is 17.5. The molecule has 0 aromatic heterocycles. The number of piperidine rings is 1. The molecule has 2 unspecified atom stereocenters. The minimum atomic E-state index is -1.77. The van der Waals surface area contributed by atoms with Crippen molar-refractivity contribution < 1.29 is 44.2 Å². The molecule has 2 atom stereocenters. The zero-order valence-electron chi connectivity index (χ0n) is 13.7. The molecule has 1 fully saturated rings. The largest absolute Gasteiger partial charge is 0.394 e. The Kier molecular flexibility index (Phi) is 14.0. The van der Waals surface area contributed by atoms with Crippen LogP contribution in [-0.2, 0) is 35.4 Å². The summed E-state index contributed by atoms with van der Waals surface area (Å²) in [5, 5.41) is 4.44. The van der Waals surface area contributed by atoms with Crippen LogP contribution in [0.2, 0.25) is 0 Å². The fourth-order valence-corrected chi connectivity index (χ4v) is 1.80. The van der Waals surface area contributed by atoms with Gasteiger partial charge in [-0.1, -0.05) is 13.8 Å². The van der Waals surface area contributed by atoms with E-state index in [0.717, 1.165) is 0 Å². The Labute approximate surface area is 160 Å². The van der Waals surface area contributed by atoms with Crippen LogP contribution in [0.25, 0.3) is 0 Å². The summed E-state index contributed by atoms with van der Waals surface area (Å²) >= 11 is 3.53. The molecule has 0 saturated carbocycles. The number of carbonyl (C=O) groups is 3. The van der Waals surface area contributed by atoms with Crippen molar-refractivity contribution in [3.05, 3.63) is 23.6 Å². The Bertz CT molecular complexity index is 513. The molecule has 24 heavy (non-hydrogen) atoms. The standard InChI is InChI=1S/C12H11F2N2O3.C2H6.CH4S.W/c13-7-2-1-6(5-8(7)14)11(18)15-9-3-4-10(17)16-12(9)19;2*1-2;/h1,7,9H,2-4H2,(H,15,18)(H,16,17,19);1-2H3;2H,1H3;/q-1;;;. The quantitative estimate of drug-likeness (QED) is 0.289. The number of halogens is 2. The van der Waals surface area contributed by atoms with Crippen molar-refractivity contribution >= 4 is 30.4 Å². The van der Waals surface area contributed by atoms with E-state index in [1.54, 1.807) is 6.26 Å². The van der Waals surface area contributed by atoms with Crippen molar-refractivity contribution in [3.8, 4) is 0 Å². The summed E-state index contributed by atoms with van der Waals surface area (Å²) in [5.74, 6) is -2.84. The third kappa shape index (κ3) is 7.71. The third-order valence-electron chi connectivity index (χ3n) is 2.85. The Morgan fingerprint density at radius 2 is 1.96 bits per heavy atom. The summed E-state index contributed by atoms with van der Waals surface area (Å²) < 4.78 is 25.8. The maximum absolute atomic E-state index is 13.0. The second kappa shape index (κ2) is 13.3. The number of rotatable bonds is 2. The number of hydrogen-bond acceptors (Lipinski definition) is 4. The molecular weight excluding hydrogens is 510 g/mol. The first-order valence-corrected chi connectivity index (χ1v) is 8.09. The number of imide groups is 1. The smallest absolute Gasteiger partial charge is 0.248 e. The van der Waals surface area contributed by atoms with Gasteiger partial charge < -0.3 is 10.1 Å². The van der Waals surface area contributed by atoms with Crippen LogP contribution < -0.4 is 10.6 Å². The summed E-state index contributed by atoms with van der Waals surface area (Å²) in [5.41, 5.74) is -0.142. The summed E-state index contributed by atoms with van der Waals surface area (Å²) in [7, 11) is 0. The van der Waals surface area contributed by atoms with Gasteiger partial charge in [0.25, 0.3) is 0 Å². The molecule has 136 valence electrons. The predicted molar refractivity (Wildman–Crippen MR) is 86.0 cm³/mol. The topological polar surface area (TPSA) is 75.3 Å². The molecule has 1 saturated heterocycles. The van der Waals surface area contributed by atoms with Crippen molar-refractivity contribution in [1.29, 1.82) is 0 Å². The second-order valence-electron chi connectivity index (χ2n) is 4.27. The second-order valence-corrected chi connectivity index (χ2v) is 4.27. The van der Waals surface area contributed by atoms with Crippen molar-refractivity contribution in [2.45, 2.75) is 45.3 Å². The number of thiol groups is 1. The zero-order chi connectivity index (χ0) is 18.0. The monoisotopic (exact) mass is 531 g/mol. The van der Waals surface area contributed by atoms with Crippen molar-refractivity contribution in [3.63, 3.8) is 0 Å². The fourth-order valence-electron chi connectivity index (χ4n) is 1.80. The van der Waals surface area contributed by atoms with Crippen LogP contribution in [0.5, 0.6) is 0 Å². The third-order valence-corrected chi connectivity index (χ3v) is 2.85. The maximum Gasteiger partial charge on any atom is 0.248 e. The van der Waals surface area contributed by atoms with Crippen molar-refractivity contribution in [2.24, 2.45) is 0 Å². The molecule has 5 nitrogen and oxygen atoms in total. The van der Waals surface area contributed by atoms with Gasteiger partial charge in [-0.3, -0.25) is 14.9 Å². The van der Waals surface area contributed by atoms with E-state index in [4.69, 9.17) is 0 Å². The Morgan fingerprint density at radius 3 is 2.46 bits per heavy atom. The molecule has 1 aliphatic heterocycles. The number of hydrogen-bond donors (Lipinski definition) is 3. The van der Waals surface area contributed by atoms with E-state index in [1.807, 2.05) is 19.9 Å². The first-order valence-electron chi connectivity index (χ1n) is 7.20. The van der Waals surface area contributed by atoms with E-state index < -0.39 is 35.8 Å². The van der Waals surface area contributed by atoms with Gasteiger partial charge in [0.05, 0.1) is 11.9 Å². The summed E-state index contributed by atoms with van der Waals surface area (Å²) in [6, 6.07) is -0.848. The van der Waals surface area contributed by atoms with Gasteiger partial charge in [0.2, 0.25) is 11.8 Å². The maximum atomic E-state index is 13.0. The molecule has 2 aliphatic rings. The van der Waals surface area contributed by atoms with Crippen LogP contribution in [0.1, 0.15) is 33.1 Å². The van der Waals surface area contributed by atoms with E-state index in [9.17, 15) is 23.2 Å². The van der Waals surface area contributed by atoms with E-state index in [1.165, 1.54) is 6.08 Å². The molecular formula is C15H21F2N2O3SW-. The minimum Gasteiger partial charge on any atom is -0.394 e. The fraction of sp³-hybridized carbons (Fsp3) is 0.533. The van der Waals surface area contributed by atoms with E-state index >= 15 is 0 Å². The Balaban J connectivity index is 0. The number of alkyl halides is 1. The van der Waals surface area contributed by atoms with Gasteiger partial charge in [-0.25, -0.2) is 8.78 Å². The van der Waals surface area contributed by atoms with Gasteiger partial charge in [0.1, 0.15) is 12.1 Å². The molecule has 9 heteroatoms. The van der Waals surface area contributed by atoms with Gasteiger partial charge >= 0.3 is 0 Å². The molecule has 0 radical (unpaired) electrons. The first kappa shape index (κ1) is 25.2. The molecule has 2 rings (SSSR count). The minimum absolute atomic E-state index is 0. The molecule has 0 aromatic carbocycles. The summed E-state index contributed by atoms with van der Waals surface area (Å²) in [4.78, 5) is 34.1. The normalized spacial score (nSPS) is 22.1. The van der Waals surface area contributed by atoms with Crippen LogP contribution >= 0.6 is 12.6 Å². The summed E-state index contributed by atoms with van der Waals surface area (Å²) in [6.45, 7) is 4.00. The first-order chi connectivity index (χ1) is 11.0. The average Bonchev–Trinajstić information content (AvgIpc) is 2.56. The van der Waals surface area contributed by atoms with Crippen molar-refractivity contribution in [2.75, 3.05) is 6.26 Å². The van der Waals surface area contributed by atoms with Crippen LogP contribution in [0, 0.1) is 6.08 Å². The van der Waals surface area contributed by atoms with Gasteiger partial charge in [-0.2, -0.15) is 18.7 Å². The molecule has 0 aromatic rings.